The number of nitrogens with zero attached hydrogens (tertiary/aromatic N) is 6. The first-order chi connectivity index (χ1) is 40.8. The number of benzene rings is 3. The van der Waals surface area contributed by atoms with Crippen molar-refractivity contribution in [2.24, 2.45) is 10.2 Å². The second-order valence-electron chi connectivity index (χ2n) is 19.7. The maximum absolute atomic E-state index is 14.4. The summed E-state index contributed by atoms with van der Waals surface area (Å²) in [5, 5.41) is 19.3. The lowest BCUT2D eigenvalue weighted by Gasteiger charge is -2.50. The maximum atomic E-state index is 14.4. The van der Waals surface area contributed by atoms with Crippen LogP contribution >= 0.6 is 0 Å². The molecule has 26 nitrogen and oxygen atoms in total. The number of esters is 4. The normalized spacial score (nSPS) is 27.4. The molecule has 3 aromatic carbocycles. The summed E-state index contributed by atoms with van der Waals surface area (Å²) in [6.07, 6.45) is -16.3. The summed E-state index contributed by atoms with van der Waals surface area (Å²) in [4.78, 5) is 88.1. The number of azide groups is 2. The summed E-state index contributed by atoms with van der Waals surface area (Å²) in [6.45, 7) is 6.69. The summed E-state index contributed by atoms with van der Waals surface area (Å²) in [5.74, 6) is -6.66. The molecule has 26 heteroatoms. The van der Waals surface area contributed by atoms with Crippen molar-refractivity contribution in [3.05, 3.63) is 129 Å². The standard InChI is InChI=1S/C58H74N6O20/c1-6-10-29-73-44-38(33-78-54(69)42(65)35-23-17-14-18-24-35)80-57(41(62-64-60)46(44)74-30-11-7-2)83-49-48(75-31-12-8-3)51(76-32-13-9-4)58(84-50(49)56(71)72-5)82-45-39(34-77-52(67)37-27-21-16-22-28-37)79-53(68)40(61-63-59)47(45)81-55(70)43(66)36-25-19-15-20-26-36/h14-28,38-41,44-51,53,57-58,68H,6-13,29-34H2,1-5H3/t38?,39?,40-,41?,44+,45+,46+,47+,48-,49-,50?,51-,53?,57-,58?/m0/s1. The van der Waals surface area contributed by atoms with E-state index in [1.165, 1.54) is 48.5 Å². The lowest BCUT2D eigenvalue weighted by Crippen LogP contribution is -2.68. The zero-order valence-corrected chi connectivity index (χ0v) is 47.6. The molecule has 15 atom stereocenters. The number of Topliss-reactive ketones (excluding diaryl/α,β-unsaturated/α-hetero) is 2. The number of unbranched alkanes of at least 4 members (excludes halogenated alkanes) is 4. The largest absolute Gasteiger partial charge is 0.467 e. The first kappa shape index (κ1) is 66.2. The van der Waals surface area contributed by atoms with Gasteiger partial charge in [0.2, 0.25) is 0 Å². The molecular weight excluding hydrogens is 1100 g/mol. The number of rotatable bonds is 33. The molecule has 3 aliphatic heterocycles. The van der Waals surface area contributed by atoms with Crippen molar-refractivity contribution in [1.82, 2.24) is 0 Å². The predicted molar refractivity (Wildman–Crippen MR) is 294 cm³/mol. The summed E-state index contributed by atoms with van der Waals surface area (Å²) in [6, 6.07) is 19.8. The zero-order valence-electron chi connectivity index (χ0n) is 47.6. The Labute approximate surface area is 486 Å². The van der Waals surface area contributed by atoms with Gasteiger partial charge in [0.15, 0.2) is 25.0 Å². The molecule has 456 valence electrons. The van der Waals surface area contributed by atoms with E-state index in [0.29, 0.717) is 44.9 Å². The third-order valence-corrected chi connectivity index (χ3v) is 13.8. The summed E-state index contributed by atoms with van der Waals surface area (Å²) >= 11 is 0. The molecule has 0 amide bonds. The van der Waals surface area contributed by atoms with Crippen LogP contribution in [0.5, 0.6) is 0 Å². The van der Waals surface area contributed by atoms with Crippen LogP contribution < -0.4 is 0 Å². The van der Waals surface area contributed by atoms with Crippen LogP contribution in [0.1, 0.15) is 110 Å². The Morgan fingerprint density at radius 1 is 0.512 bits per heavy atom. The molecule has 3 aromatic rings. The Kier molecular flexibility index (Phi) is 27.4. The smallest absolute Gasteiger partial charge is 0.380 e. The molecule has 3 heterocycles. The van der Waals surface area contributed by atoms with Gasteiger partial charge >= 0.3 is 23.9 Å². The molecule has 3 aliphatic rings. The van der Waals surface area contributed by atoms with Crippen molar-refractivity contribution in [2.75, 3.05) is 46.8 Å². The third-order valence-electron chi connectivity index (χ3n) is 13.8. The van der Waals surface area contributed by atoms with Crippen LogP contribution in [0.15, 0.2) is 101 Å². The van der Waals surface area contributed by atoms with Crippen molar-refractivity contribution in [3.8, 4) is 0 Å². The quantitative estimate of drug-likeness (QED) is 0.00915. The summed E-state index contributed by atoms with van der Waals surface area (Å²) < 4.78 is 81.4. The highest BCUT2D eigenvalue weighted by atomic mass is 16.8. The van der Waals surface area contributed by atoms with E-state index in [1.54, 1.807) is 42.5 Å². The van der Waals surface area contributed by atoms with Gasteiger partial charge in [-0.15, -0.1) is 0 Å². The average molecular weight is 1180 g/mol. The van der Waals surface area contributed by atoms with E-state index in [4.69, 9.17) is 61.6 Å². The van der Waals surface area contributed by atoms with Crippen LogP contribution in [-0.2, 0) is 76.0 Å². The van der Waals surface area contributed by atoms with Crippen molar-refractivity contribution in [2.45, 2.75) is 171 Å². The summed E-state index contributed by atoms with van der Waals surface area (Å²) in [7, 11) is 1.07. The van der Waals surface area contributed by atoms with E-state index in [9.17, 15) is 44.9 Å². The fourth-order valence-electron chi connectivity index (χ4n) is 9.37. The third kappa shape index (κ3) is 18.1. The molecule has 0 aliphatic carbocycles. The van der Waals surface area contributed by atoms with E-state index < -0.39 is 141 Å². The van der Waals surface area contributed by atoms with Crippen molar-refractivity contribution < 1.29 is 95.5 Å². The molecule has 0 aromatic heterocycles. The second kappa shape index (κ2) is 34.8. The Morgan fingerprint density at radius 3 is 1.51 bits per heavy atom. The number of methoxy groups -OCH3 is 1. The van der Waals surface area contributed by atoms with Crippen LogP contribution in [0.4, 0.5) is 0 Å². The van der Waals surface area contributed by atoms with E-state index in [2.05, 4.69) is 20.1 Å². The Hall–Kier alpha value is -6.90. The number of aliphatic hydroxyl groups excluding tert-OH is 1. The summed E-state index contributed by atoms with van der Waals surface area (Å²) in [5.41, 5.74) is 20.2. The molecule has 0 spiro atoms. The highest BCUT2D eigenvalue weighted by molar-refractivity contribution is 6.41. The van der Waals surface area contributed by atoms with Gasteiger partial charge in [-0.2, -0.15) is 0 Å². The van der Waals surface area contributed by atoms with Crippen molar-refractivity contribution in [1.29, 1.82) is 0 Å². The topological polar surface area (TPSA) is 340 Å². The van der Waals surface area contributed by atoms with Crippen molar-refractivity contribution >= 4 is 35.4 Å². The van der Waals surface area contributed by atoms with Crippen molar-refractivity contribution in [3.63, 3.8) is 0 Å². The fourth-order valence-corrected chi connectivity index (χ4v) is 9.37. The zero-order chi connectivity index (χ0) is 60.4. The van der Waals surface area contributed by atoms with Gasteiger partial charge in [0, 0.05) is 47.4 Å². The Bertz CT molecular complexity index is 2670. The molecule has 3 saturated heterocycles. The average Bonchev–Trinajstić information content (AvgIpc) is 3.70. The predicted octanol–water partition coefficient (Wildman–Crippen LogP) is 7.27. The van der Waals surface area contributed by atoms with Gasteiger partial charge in [-0.25, -0.2) is 19.2 Å². The molecule has 1 N–H and O–H groups in total. The molecule has 6 unspecified atom stereocenters. The number of hydrogen-bond acceptors (Lipinski definition) is 22. The first-order valence-electron chi connectivity index (χ1n) is 28.2. The number of ketones is 2. The SMILES string of the molecule is CCCCO[C@@H]1[C@H](OCCCC)C(O[C@@H]2C(COC(=O)c3ccccc3)OC(O)[C@@H](N=[N+]=[N-])[C@H]2OC(=O)C(=O)c2ccccc2)OC(C(=O)OC)[C@H]1O[C@@H]1OC(COC(=O)C(=O)c2ccccc2)[C@@H](OCCCC)[C@H](OCCCC)C1N=[N+]=[N-]. The van der Waals surface area contributed by atoms with E-state index >= 15 is 0 Å². The molecular formula is C58H74N6O20. The van der Waals surface area contributed by atoms with Gasteiger partial charge in [0.05, 0.1) is 18.8 Å². The van der Waals surface area contributed by atoms with Crippen LogP contribution in [0, 0.1) is 0 Å². The van der Waals surface area contributed by atoms with E-state index in [0.717, 1.165) is 13.5 Å². The Balaban J connectivity index is 1.45. The lowest BCUT2D eigenvalue weighted by atomic mass is 9.94. The van der Waals surface area contributed by atoms with Crippen LogP contribution in [-0.4, -0.2) is 179 Å². The number of ether oxygens (including phenoxy) is 13. The van der Waals surface area contributed by atoms with E-state index in [-0.39, 0.29) is 43.1 Å². The number of hydrogen-bond donors (Lipinski definition) is 1. The maximum Gasteiger partial charge on any atom is 0.380 e. The van der Waals surface area contributed by atoms with Gasteiger partial charge in [0.1, 0.15) is 74.1 Å². The Morgan fingerprint density at radius 2 is 0.976 bits per heavy atom. The van der Waals surface area contributed by atoms with Crippen LogP contribution in [0.3, 0.4) is 0 Å². The molecule has 0 bridgehead atoms. The molecule has 0 saturated carbocycles. The van der Waals surface area contributed by atoms with E-state index in [1.807, 2.05) is 27.7 Å². The number of carbonyl (C=O) groups is 6. The molecule has 6 rings (SSSR count). The molecule has 3 fully saturated rings. The lowest BCUT2D eigenvalue weighted by molar-refractivity contribution is -0.369. The second-order valence-corrected chi connectivity index (χ2v) is 19.7. The minimum atomic E-state index is -2.07. The molecule has 84 heavy (non-hydrogen) atoms. The minimum absolute atomic E-state index is 0.00226. The van der Waals surface area contributed by atoms with Crippen LogP contribution in [0.2, 0.25) is 0 Å². The molecule has 0 radical (unpaired) electrons. The fraction of sp³-hybridized carbons (Fsp3) is 0.586. The minimum Gasteiger partial charge on any atom is -0.467 e. The monoisotopic (exact) mass is 1170 g/mol. The van der Waals surface area contributed by atoms with Crippen LogP contribution in [0.25, 0.3) is 20.9 Å². The highest BCUT2D eigenvalue weighted by Gasteiger charge is 2.58. The number of carbonyl (C=O) groups excluding carboxylic acids is 6. The highest BCUT2D eigenvalue weighted by Crippen LogP contribution is 2.38. The van der Waals surface area contributed by atoms with Gasteiger partial charge in [-0.05, 0) is 48.9 Å². The number of aliphatic hydroxyl groups is 1. The van der Waals surface area contributed by atoms with Gasteiger partial charge < -0.3 is 66.7 Å². The van der Waals surface area contributed by atoms with Gasteiger partial charge in [-0.3, -0.25) is 9.59 Å². The van der Waals surface area contributed by atoms with Gasteiger partial charge in [0.25, 0.3) is 11.6 Å². The van der Waals surface area contributed by atoms with Gasteiger partial charge in [-0.1, -0.05) is 142 Å². The first-order valence-corrected chi connectivity index (χ1v) is 28.2.